The molecular weight excluding hydrogens is 384 g/mol. The molecule has 1 aromatic heterocycles. The molecule has 0 spiro atoms. The Bertz CT molecular complexity index is 722. The molecule has 3 rings (SSSR count). The average Bonchev–Trinajstić information content (AvgIpc) is 2.88. The average molecular weight is 394 g/mol. The fourth-order valence-electron chi connectivity index (χ4n) is 1.82. The largest absolute Gasteiger partial charge is 0.204 e. The van der Waals surface area contributed by atoms with Crippen LogP contribution in [0.25, 0.3) is 11.4 Å². The summed E-state index contributed by atoms with van der Waals surface area (Å²) in [5.41, 5.74) is 2.08. The van der Waals surface area contributed by atoms with E-state index in [1.165, 1.54) is 0 Å². The topological polar surface area (TPSA) is 43.6 Å². The summed E-state index contributed by atoms with van der Waals surface area (Å²) in [6.45, 7) is 0.600. The molecule has 0 N–H and O–H groups in total. The predicted molar refractivity (Wildman–Crippen MR) is 84.2 cm³/mol. The van der Waals surface area contributed by atoms with Crippen LogP contribution < -0.4 is 0 Å². The van der Waals surface area contributed by atoms with E-state index in [9.17, 15) is 0 Å². The molecule has 4 nitrogen and oxygen atoms in total. The van der Waals surface area contributed by atoms with Gasteiger partial charge in [-0.2, -0.15) is 4.80 Å². The maximum absolute atomic E-state index is 4.40. The second-order valence-corrected chi connectivity index (χ2v) is 6.11. The third kappa shape index (κ3) is 3.13. The van der Waals surface area contributed by atoms with Gasteiger partial charge >= 0.3 is 0 Å². The molecule has 3 aromatic rings. The van der Waals surface area contributed by atoms with Crippen LogP contribution in [-0.2, 0) is 6.54 Å². The van der Waals surface area contributed by atoms with E-state index in [1.54, 1.807) is 4.80 Å². The van der Waals surface area contributed by atoms with Crippen molar-refractivity contribution in [2.24, 2.45) is 0 Å². The normalized spacial score (nSPS) is 10.7. The van der Waals surface area contributed by atoms with Crippen LogP contribution in [-0.4, -0.2) is 20.2 Å². The van der Waals surface area contributed by atoms with Gasteiger partial charge in [0.05, 0.1) is 6.54 Å². The summed E-state index contributed by atoms with van der Waals surface area (Å²) >= 11 is 6.86. The molecule has 0 atom stereocenters. The molecule has 0 aliphatic carbocycles. The molecule has 0 amide bonds. The van der Waals surface area contributed by atoms with E-state index in [0.717, 1.165) is 20.1 Å². The Morgan fingerprint density at radius 3 is 2.50 bits per heavy atom. The fourth-order valence-corrected chi connectivity index (χ4v) is 2.53. The first-order chi connectivity index (χ1) is 9.70. The number of halogens is 2. The summed E-state index contributed by atoms with van der Waals surface area (Å²) in [4.78, 5) is 1.60. The van der Waals surface area contributed by atoms with Crippen molar-refractivity contribution in [2.45, 2.75) is 6.54 Å². The summed E-state index contributed by atoms with van der Waals surface area (Å²) in [7, 11) is 0. The van der Waals surface area contributed by atoms with Crippen molar-refractivity contribution in [3.8, 4) is 11.4 Å². The molecule has 20 heavy (non-hydrogen) atoms. The third-order valence-corrected chi connectivity index (χ3v) is 3.79. The minimum Gasteiger partial charge on any atom is -0.159 e. The van der Waals surface area contributed by atoms with E-state index in [-0.39, 0.29) is 0 Å². The molecule has 0 bridgehead atoms. The molecule has 0 saturated heterocycles. The van der Waals surface area contributed by atoms with Crippen molar-refractivity contribution in [3.63, 3.8) is 0 Å². The van der Waals surface area contributed by atoms with Crippen molar-refractivity contribution >= 4 is 31.9 Å². The van der Waals surface area contributed by atoms with Gasteiger partial charge in [0.25, 0.3) is 0 Å². The van der Waals surface area contributed by atoms with Gasteiger partial charge in [0.15, 0.2) is 0 Å². The molecule has 6 heteroatoms. The molecule has 0 radical (unpaired) electrons. The zero-order valence-corrected chi connectivity index (χ0v) is 13.5. The van der Waals surface area contributed by atoms with E-state index in [0.29, 0.717) is 12.4 Å². The van der Waals surface area contributed by atoms with Gasteiger partial charge in [-0.1, -0.05) is 44.0 Å². The highest BCUT2D eigenvalue weighted by atomic mass is 79.9. The maximum atomic E-state index is 4.40. The summed E-state index contributed by atoms with van der Waals surface area (Å²) in [6.07, 6.45) is 0. The standard InChI is InChI=1S/C14H10Br2N4/c15-12-6-4-11(5-7-12)14-17-19-20(18-14)9-10-2-1-3-13(16)8-10/h1-8H,9H2. The number of benzene rings is 2. The quantitative estimate of drug-likeness (QED) is 0.677. The molecule has 1 heterocycles. The molecule has 0 aliphatic rings. The van der Waals surface area contributed by atoms with Crippen molar-refractivity contribution in [1.29, 1.82) is 0 Å². The van der Waals surface area contributed by atoms with Crippen molar-refractivity contribution in [1.82, 2.24) is 20.2 Å². The Morgan fingerprint density at radius 1 is 0.950 bits per heavy atom. The van der Waals surface area contributed by atoms with E-state index in [4.69, 9.17) is 0 Å². The number of aromatic nitrogens is 4. The monoisotopic (exact) mass is 392 g/mol. The second kappa shape index (κ2) is 5.85. The van der Waals surface area contributed by atoms with Gasteiger partial charge in [0.2, 0.25) is 5.82 Å². The lowest BCUT2D eigenvalue weighted by atomic mass is 10.2. The van der Waals surface area contributed by atoms with Crippen molar-refractivity contribution in [3.05, 3.63) is 63.0 Å². The van der Waals surface area contributed by atoms with E-state index >= 15 is 0 Å². The lowest BCUT2D eigenvalue weighted by Gasteiger charge is -2.00. The van der Waals surface area contributed by atoms with Crippen LogP contribution in [0.1, 0.15) is 5.56 Å². The van der Waals surface area contributed by atoms with Crippen LogP contribution in [0.2, 0.25) is 0 Å². The number of tetrazole rings is 1. The van der Waals surface area contributed by atoms with Crippen LogP contribution in [0.15, 0.2) is 57.5 Å². The minimum absolute atomic E-state index is 0.600. The molecule has 0 saturated carbocycles. The Balaban J connectivity index is 1.82. The lowest BCUT2D eigenvalue weighted by molar-refractivity contribution is 0.572. The maximum Gasteiger partial charge on any atom is 0.204 e. The number of hydrogen-bond acceptors (Lipinski definition) is 3. The first-order valence-electron chi connectivity index (χ1n) is 5.99. The third-order valence-electron chi connectivity index (χ3n) is 2.77. The van der Waals surface area contributed by atoms with Gasteiger partial charge in [-0.15, -0.1) is 10.2 Å². The van der Waals surface area contributed by atoms with Crippen LogP contribution in [0.3, 0.4) is 0 Å². The Hall–Kier alpha value is -1.53. The van der Waals surface area contributed by atoms with Crippen molar-refractivity contribution < 1.29 is 0 Å². The smallest absolute Gasteiger partial charge is 0.159 e. The van der Waals surface area contributed by atoms with Gasteiger partial charge < -0.3 is 0 Å². The number of hydrogen-bond donors (Lipinski definition) is 0. The summed E-state index contributed by atoms with van der Waals surface area (Å²) < 4.78 is 2.08. The van der Waals surface area contributed by atoms with E-state index < -0.39 is 0 Å². The summed E-state index contributed by atoms with van der Waals surface area (Å²) in [5, 5.41) is 12.6. The van der Waals surface area contributed by atoms with Crippen molar-refractivity contribution in [2.75, 3.05) is 0 Å². The lowest BCUT2D eigenvalue weighted by Crippen LogP contribution is -2.03. The van der Waals surface area contributed by atoms with Gasteiger partial charge in [-0.25, -0.2) is 0 Å². The van der Waals surface area contributed by atoms with Gasteiger partial charge in [0, 0.05) is 14.5 Å². The first-order valence-corrected chi connectivity index (χ1v) is 7.57. The van der Waals surface area contributed by atoms with Crippen LogP contribution in [0.4, 0.5) is 0 Å². The summed E-state index contributed by atoms with van der Waals surface area (Å²) in [5.74, 6) is 0.632. The molecule has 0 unspecified atom stereocenters. The van der Waals surface area contributed by atoms with E-state index in [1.807, 2.05) is 48.5 Å². The minimum atomic E-state index is 0.600. The number of nitrogens with zero attached hydrogens (tertiary/aromatic N) is 4. The molecule has 100 valence electrons. The van der Waals surface area contributed by atoms with Gasteiger partial charge in [0.1, 0.15) is 0 Å². The highest BCUT2D eigenvalue weighted by Gasteiger charge is 2.06. The molecule has 2 aromatic carbocycles. The highest BCUT2D eigenvalue weighted by Crippen LogP contribution is 2.18. The van der Waals surface area contributed by atoms with Gasteiger partial charge in [-0.3, -0.25) is 0 Å². The fraction of sp³-hybridized carbons (Fsp3) is 0.0714. The van der Waals surface area contributed by atoms with Crippen LogP contribution in [0.5, 0.6) is 0 Å². The van der Waals surface area contributed by atoms with Gasteiger partial charge in [-0.05, 0) is 47.2 Å². The second-order valence-electron chi connectivity index (χ2n) is 4.28. The Kier molecular flexibility index (Phi) is 3.93. The van der Waals surface area contributed by atoms with E-state index in [2.05, 4.69) is 47.3 Å². The Labute approximate surface area is 133 Å². The zero-order chi connectivity index (χ0) is 13.9. The Morgan fingerprint density at radius 2 is 1.75 bits per heavy atom. The van der Waals surface area contributed by atoms with Crippen LogP contribution in [0, 0.1) is 0 Å². The SMILES string of the molecule is Brc1ccc(-c2nnn(Cc3cccc(Br)c3)n2)cc1. The molecule has 0 fully saturated rings. The van der Waals surface area contributed by atoms with Crippen LogP contribution >= 0.6 is 31.9 Å². The molecular formula is C14H10Br2N4. The predicted octanol–water partition coefficient (Wildman–Crippen LogP) is 3.91. The number of rotatable bonds is 3. The molecule has 0 aliphatic heterocycles. The highest BCUT2D eigenvalue weighted by molar-refractivity contribution is 9.10. The summed E-state index contributed by atoms with van der Waals surface area (Å²) in [6, 6.07) is 15.9. The first kappa shape index (κ1) is 13.5. The zero-order valence-electron chi connectivity index (χ0n) is 10.4.